The van der Waals surface area contributed by atoms with Crippen LogP contribution in [0.1, 0.15) is 43.4 Å². The molecule has 0 spiro atoms. The first-order valence-corrected chi connectivity index (χ1v) is 7.18. The van der Waals surface area contributed by atoms with Crippen molar-refractivity contribution >= 4 is 0 Å². The van der Waals surface area contributed by atoms with Gasteiger partial charge in [-0.1, -0.05) is 36.2 Å². The lowest BCUT2D eigenvalue weighted by Gasteiger charge is -2.24. The molecule has 2 nitrogen and oxygen atoms in total. The van der Waals surface area contributed by atoms with E-state index in [9.17, 15) is 0 Å². The highest BCUT2D eigenvalue weighted by Crippen LogP contribution is 2.33. The highest BCUT2D eigenvalue weighted by molar-refractivity contribution is 5.24. The molecule has 2 fully saturated rings. The number of ether oxygens (including phenoxy) is 1. The van der Waals surface area contributed by atoms with Crippen LogP contribution in [-0.2, 0) is 4.74 Å². The van der Waals surface area contributed by atoms with Gasteiger partial charge in [-0.2, -0.15) is 0 Å². The number of aryl methyl sites for hydroxylation is 1. The third kappa shape index (κ3) is 2.32. The Balaban J connectivity index is 1.78. The van der Waals surface area contributed by atoms with Crippen LogP contribution in [0.15, 0.2) is 24.3 Å². The third-order valence-corrected chi connectivity index (χ3v) is 4.49. The largest absolute Gasteiger partial charge is 0.372 e. The lowest BCUT2D eigenvalue weighted by atomic mass is 10.0. The highest BCUT2D eigenvalue weighted by atomic mass is 16.5. The van der Waals surface area contributed by atoms with Crippen molar-refractivity contribution in [3.63, 3.8) is 0 Å². The van der Waals surface area contributed by atoms with E-state index in [1.807, 2.05) is 0 Å². The summed E-state index contributed by atoms with van der Waals surface area (Å²) < 4.78 is 6.19. The van der Waals surface area contributed by atoms with Crippen LogP contribution in [0.3, 0.4) is 0 Å². The first kappa shape index (κ1) is 12.2. The molecule has 0 radical (unpaired) electrons. The molecule has 98 valence electrons. The SMILES string of the molecule is Cc1ccc(C2OCC3CCCC3NC2C)cc1. The van der Waals surface area contributed by atoms with E-state index in [1.54, 1.807) is 0 Å². The van der Waals surface area contributed by atoms with Gasteiger partial charge in [0.05, 0.1) is 12.7 Å². The maximum Gasteiger partial charge on any atom is 0.0975 e. The van der Waals surface area contributed by atoms with Gasteiger partial charge in [0, 0.05) is 12.1 Å². The summed E-state index contributed by atoms with van der Waals surface area (Å²) in [6, 6.07) is 9.85. The van der Waals surface area contributed by atoms with E-state index in [2.05, 4.69) is 43.4 Å². The van der Waals surface area contributed by atoms with Crippen LogP contribution in [0.5, 0.6) is 0 Å². The molecular weight excluding hydrogens is 222 g/mol. The standard InChI is InChI=1S/C16H23NO/c1-11-6-8-13(9-7-11)16-12(2)17-15-5-3-4-14(15)10-18-16/h6-9,12,14-17H,3-5,10H2,1-2H3. The normalized spacial score (nSPS) is 36.1. The molecule has 4 unspecified atom stereocenters. The van der Waals surface area contributed by atoms with Crippen molar-refractivity contribution in [3.8, 4) is 0 Å². The molecule has 3 rings (SSSR count). The van der Waals surface area contributed by atoms with Crippen LogP contribution < -0.4 is 5.32 Å². The lowest BCUT2D eigenvalue weighted by molar-refractivity contribution is 0.0307. The number of hydrogen-bond donors (Lipinski definition) is 1. The van der Waals surface area contributed by atoms with Gasteiger partial charge >= 0.3 is 0 Å². The molecule has 2 heteroatoms. The Morgan fingerprint density at radius 3 is 2.72 bits per heavy atom. The van der Waals surface area contributed by atoms with Crippen molar-refractivity contribution in [2.45, 2.75) is 51.3 Å². The summed E-state index contributed by atoms with van der Waals surface area (Å²) in [5, 5.41) is 3.78. The molecule has 1 saturated carbocycles. The quantitative estimate of drug-likeness (QED) is 0.820. The van der Waals surface area contributed by atoms with Gasteiger partial charge in [-0.05, 0) is 38.2 Å². The van der Waals surface area contributed by atoms with Gasteiger partial charge in [0.2, 0.25) is 0 Å². The van der Waals surface area contributed by atoms with E-state index in [0.29, 0.717) is 12.1 Å². The molecule has 4 atom stereocenters. The van der Waals surface area contributed by atoms with Crippen molar-refractivity contribution in [2.75, 3.05) is 6.61 Å². The summed E-state index contributed by atoms with van der Waals surface area (Å²) >= 11 is 0. The Morgan fingerprint density at radius 2 is 1.94 bits per heavy atom. The van der Waals surface area contributed by atoms with Gasteiger partial charge in [0.1, 0.15) is 0 Å². The van der Waals surface area contributed by atoms with Gasteiger partial charge in [-0.15, -0.1) is 0 Å². The van der Waals surface area contributed by atoms with Gasteiger partial charge in [0.25, 0.3) is 0 Å². The van der Waals surface area contributed by atoms with Gasteiger partial charge in [-0.3, -0.25) is 0 Å². The fraction of sp³-hybridized carbons (Fsp3) is 0.625. The van der Waals surface area contributed by atoms with Crippen molar-refractivity contribution in [1.29, 1.82) is 0 Å². The minimum absolute atomic E-state index is 0.205. The Morgan fingerprint density at radius 1 is 1.17 bits per heavy atom. The van der Waals surface area contributed by atoms with Crippen molar-refractivity contribution in [1.82, 2.24) is 5.32 Å². The smallest absolute Gasteiger partial charge is 0.0975 e. The maximum atomic E-state index is 6.19. The molecule has 0 amide bonds. The minimum atomic E-state index is 0.205. The average Bonchev–Trinajstić information content (AvgIpc) is 2.73. The summed E-state index contributed by atoms with van der Waals surface area (Å²) in [6.45, 7) is 5.30. The predicted octanol–water partition coefficient (Wildman–Crippen LogP) is 3.21. The Bertz CT molecular complexity index is 400. The zero-order chi connectivity index (χ0) is 12.5. The summed E-state index contributed by atoms with van der Waals surface area (Å²) in [7, 11) is 0. The molecule has 1 aliphatic heterocycles. The number of nitrogens with one attached hydrogen (secondary N) is 1. The van der Waals surface area contributed by atoms with Crippen LogP contribution in [0.4, 0.5) is 0 Å². The van der Waals surface area contributed by atoms with Crippen LogP contribution in [0, 0.1) is 12.8 Å². The number of hydrogen-bond acceptors (Lipinski definition) is 2. The van der Waals surface area contributed by atoms with E-state index in [1.165, 1.54) is 30.4 Å². The Kier molecular flexibility index (Phi) is 3.40. The van der Waals surface area contributed by atoms with Crippen molar-refractivity contribution in [3.05, 3.63) is 35.4 Å². The van der Waals surface area contributed by atoms with Crippen LogP contribution in [0.2, 0.25) is 0 Å². The molecule has 1 aromatic carbocycles. The van der Waals surface area contributed by atoms with E-state index in [4.69, 9.17) is 4.74 Å². The van der Waals surface area contributed by atoms with Crippen LogP contribution >= 0.6 is 0 Å². The minimum Gasteiger partial charge on any atom is -0.372 e. The molecule has 1 aliphatic carbocycles. The van der Waals surface area contributed by atoms with Gasteiger partial charge in [0.15, 0.2) is 0 Å². The first-order valence-electron chi connectivity index (χ1n) is 7.18. The van der Waals surface area contributed by atoms with Gasteiger partial charge < -0.3 is 10.1 Å². The number of fused-ring (bicyclic) bond motifs is 1. The molecule has 1 aromatic rings. The zero-order valence-corrected chi connectivity index (χ0v) is 11.4. The molecule has 1 N–H and O–H groups in total. The third-order valence-electron chi connectivity index (χ3n) is 4.49. The van der Waals surface area contributed by atoms with Gasteiger partial charge in [-0.25, -0.2) is 0 Å². The molecule has 0 aromatic heterocycles. The molecule has 1 saturated heterocycles. The average molecular weight is 245 g/mol. The maximum absolute atomic E-state index is 6.19. The summed E-state index contributed by atoms with van der Waals surface area (Å²) in [5.74, 6) is 0.725. The monoisotopic (exact) mass is 245 g/mol. The second kappa shape index (κ2) is 5.02. The summed E-state index contributed by atoms with van der Waals surface area (Å²) in [4.78, 5) is 0. The first-order chi connectivity index (χ1) is 8.74. The molecule has 1 heterocycles. The summed E-state index contributed by atoms with van der Waals surface area (Å²) in [5.41, 5.74) is 2.62. The van der Waals surface area contributed by atoms with Crippen LogP contribution in [0.25, 0.3) is 0 Å². The fourth-order valence-corrected chi connectivity index (χ4v) is 3.39. The summed E-state index contributed by atoms with van der Waals surface area (Å²) in [6.07, 6.45) is 4.20. The topological polar surface area (TPSA) is 21.3 Å². The predicted molar refractivity (Wildman–Crippen MR) is 73.6 cm³/mol. The van der Waals surface area contributed by atoms with E-state index in [-0.39, 0.29) is 6.10 Å². The highest BCUT2D eigenvalue weighted by Gasteiger charge is 2.35. The fourth-order valence-electron chi connectivity index (χ4n) is 3.39. The molecule has 0 bridgehead atoms. The lowest BCUT2D eigenvalue weighted by Crippen LogP contribution is -2.39. The van der Waals surface area contributed by atoms with E-state index >= 15 is 0 Å². The van der Waals surface area contributed by atoms with Crippen molar-refractivity contribution in [2.24, 2.45) is 5.92 Å². The molecule has 18 heavy (non-hydrogen) atoms. The second-order valence-electron chi connectivity index (χ2n) is 5.92. The number of rotatable bonds is 1. The molecular formula is C16H23NO. The Hall–Kier alpha value is -0.860. The van der Waals surface area contributed by atoms with E-state index in [0.717, 1.165) is 12.5 Å². The van der Waals surface area contributed by atoms with Crippen LogP contribution in [-0.4, -0.2) is 18.7 Å². The molecule has 2 aliphatic rings. The van der Waals surface area contributed by atoms with E-state index < -0.39 is 0 Å². The zero-order valence-electron chi connectivity index (χ0n) is 11.4. The van der Waals surface area contributed by atoms with Crippen molar-refractivity contribution < 1.29 is 4.74 Å². The Labute approximate surface area is 110 Å². The number of benzene rings is 1. The second-order valence-corrected chi connectivity index (χ2v) is 5.92.